The summed E-state index contributed by atoms with van der Waals surface area (Å²) < 4.78 is 29.0. The van der Waals surface area contributed by atoms with Crippen LogP contribution in [0, 0.1) is 0 Å². The fourth-order valence-corrected chi connectivity index (χ4v) is 5.30. The van der Waals surface area contributed by atoms with Gasteiger partial charge in [-0.25, -0.2) is 13.1 Å². The second-order valence-corrected chi connectivity index (χ2v) is 9.24. The van der Waals surface area contributed by atoms with E-state index in [2.05, 4.69) is 32.8 Å². The van der Waals surface area contributed by atoms with E-state index in [4.69, 9.17) is 0 Å². The van der Waals surface area contributed by atoms with E-state index in [1.54, 1.807) is 17.5 Å². The lowest BCUT2D eigenvalue weighted by molar-refractivity contribution is 0.495. The van der Waals surface area contributed by atoms with Crippen LogP contribution in [-0.2, 0) is 15.4 Å². The van der Waals surface area contributed by atoms with Gasteiger partial charge in [-0.1, -0.05) is 34.1 Å². The third kappa shape index (κ3) is 2.95. The van der Waals surface area contributed by atoms with E-state index < -0.39 is 10.0 Å². The lowest BCUT2D eigenvalue weighted by Gasteiger charge is -2.24. The predicted octanol–water partition coefficient (Wildman–Crippen LogP) is 3.91. The van der Waals surface area contributed by atoms with Crippen LogP contribution in [-0.4, -0.2) is 14.5 Å². The molecule has 1 aromatic heterocycles. The number of thiophene rings is 1. The van der Waals surface area contributed by atoms with Crippen LogP contribution < -0.4 is 4.72 Å². The topological polar surface area (TPSA) is 46.2 Å². The number of rotatable bonds is 5. The summed E-state index contributed by atoms with van der Waals surface area (Å²) in [6.45, 7) is 1.96. The van der Waals surface area contributed by atoms with Crippen molar-refractivity contribution in [1.82, 2.24) is 4.72 Å². The molecular weight excluding hydrogens is 370 g/mol. The highest BCUT2D eigenvalue weighted by Gasteiger charge is 2.49. The van der Waals surface area contributed by atoms with Crippen molar-refractivity contribution in [1.29, 1.82) is 0 Å². The molecule has 1 aliphatic rings. The lowest BCUT2D eigenvalue weighted by Crippen LogP contribution is -2.41. The van der Waals surface area contributed by atoms with E-state index in [-0.39, 0.29) is 11.5 Å². The predicted molar refractivity (Wildman–Crippen MR) is 89.2 cm³/mol. The molecule has 0 spiro atoms. The summed E-state index contributed by atoms with van der Waals surface area (Å²) in [7, 11) is -3.42. The highest BCUT2D eigenvalue weighted by molar-refractivity contribution is 9.10. The second-order valence-electron chi connectivity index (χ2n) is 5.44. The van der Waals surface area contributed by atoms with Gasteiger partial charge in [0, 0.05) is 15.9 Å². The number of hydrogen-bond acceptors (Lipinski definition) is 3. The normalized spacial score (nSPS) is 18.4. The first kappa shape index (κ1) is 15.2. The molecule has 2 aromatic rings. The molecule has 6 heteroatoms. The third-order valence-electron chi connectivity index (χ3n) is 4.13. The van der Waals surface area contributed by atoms with E-state index in [1.165, 1.54) is 16.9 Å². The highest BCUT2D eigenvalue weighted by atomic mass is 79.9. The molecule has 1 N–H and O–H groups in total. The molecule has 0 saturated heterocycles. The molecule has 1 aliphatic carbocycles. The number of sulfonamides is 1. The molecule has 0 amide bonds. The summed E-state index contributed by atoms with van der Waals surface area (Å²) in [5.41, 5.74) is 1.14. The van der Waals surface area contributed by atoms with Crippen molar-refractivity contribution in [2.45, 2.75) is 35.4 Å². The number of benzene rings is 1. The smallest absolute Gasteiger partial charge is 0.207 e. The Balaban J connectivity index is 1.82. The van der Waals surface area contributed by atoms with Crippen LogP contribution >= 0.6 is 27.3 Å². The Morgan fingerprint density at radius 3 is 2.43 bits per heavy atom. The van der Waals surface area contributed by atoms with E-state index in [0.29, 0.717) is 4.21 Å². The van der Waals surface area contributed by atoms with Crippen LogP contribution in [0.3, 0.4) is 0 Å². The molecule has 0 radical (unpaired) electrons. The van der Waals surface area contributed by atoms with E-state index in [9.17, 15) is 8.42 Å². The molecule has 1 saturated carbocycles. The first-order valence-electron chi connectivity index (χ1n) is 6.76. The van der Waals surface area contributed by atoms with Crippen molar-refractivity contribution in [3.8, 4) is 0 Å². The van der Waals surface area contributed by atoms with Crippen LogP contribution in [0.5, 0.6) is 0 Å². The van der Waals surface area contributed by atoms with Gasteiger partial charge in [-0.15, -0.1) is 11.3 Å². The minimum absolute atomic E-state index is 0.0645. The number of halogens is 1. The van der Waals surface area contributed by atoms with Gasteiger partial charge in [0.25, 0.3) is 0 Å². The van der Waals surface area contributed by atoms with Gasteiger partial charge < -0.3 is 0 Å². The molecule has 1 unspecified atom stereocenters. The van der Waals surface area contributed by atoms with Crippen molar-refractivity contribution in [3.05, 3.63) is 51.8 Å². The molecule has 0 bridgehead atoms. The average Bonchev–Trinajstić information content (AvgIpc) is 3.05. The molecule has 112 valence electrons. The minimum Gasteiger partial charge on any atom is -0.207 e. The summed E-state index contributed by atoms with van der Waals surface area (Å²) in [5, 5.41) is 1.78. The highest BCUT2D eigenvalue weighted by Crippen LogP contribution is 2.51. The monoisotopic (exact) mass is 385 g/mol. The SMILES string of the molecule is CC(NS(=O)(=O)c1cccs1)C1(c2ccc(Br)cc2)CC1. The van der Waals surface area contributed by atoms with Gasteiger partial charge in [-0.2, -0.15) is 0 Å². The summed E-state index contributed by atoms with van der Waals surface area (Å²) in [5.74, 6) is 0. The fraction of sp³-hybridized carbons (Fsp3) is 0.333. The zero-order chi connectivity index (χ0) is 15.1. The van der Waals surface area contributed by atoms with Crippen molar-refractivity contribution in [2.24, 2.45) is 0 Å². The Morgan fingerprint density at radius 1 is 1.24 bits per heavy atom. The van der Waals surface area contributed by atoms with Crippen LogP contribution in [0.1, 0.15) is 25.3 Å². The lowest BCUT2D eigenvalue weighted by atomic mass is 9.90. The Kier molecular flexibility index (Phi) is 3.98. The maximum Gasteiger partial charge on any atom is 0.250 e. The molecule has 0 aliphatic heterocycles. The van der Waals surface area contributed by atoms with Gasteiger partial charge in [0.05, 0.1) is 0 Å². The Bertz CT molecular complexity index is 720. The van der Waals surface area contributed by atoms with E-state index >= 15 is 0 Å². The zero-order valence-corrected chi connectivity index (χ0v) is 14.8. The molecular formula is C15H16BrNO2S2. The maximum absolute atomic E-state index is 12.4. The van der Waals surface area contributed by atoms with E-state index in [0.717, 1.165) is 17.3 Å². The largest absolute Gasteiger partial charge is 0.250 e. The molecule has 21 heavy (non-hydrogen) atoms. The van der Waals surface area contributed by atoms with Gasteiger partial charge in [-0.3, -0.25) is 0 Å². The Labute approximate surface area is 137 Å². The van der Waals surface area contributed by atoms with Crippen LogP contribution in [0.15, 0.2) is 50.5 Å². The second kappa shape index (κ2) is 5.50. The first-order chi connectivity index (χ1) is 9.94. The van der Waals surface area contributed by atoms with Crippen LogP contribution in [0.4, 0.5) is 0 Å². The number of nitrogens with one attached hydrogen (secondary N) is 1. The molecule has 1 heterocycles. The first-order valence-corrected chi connectivity index (χ1v) is 9.91. The minimum atomic E-state index is -3.42. The molecule has 1 aromatic carbocycles. The van der Waals surface area contributed by atoms with Gasteiger partial charge in [0.1, 0.15) is 4.21 Å². The zero-order valence-electron chi connectivity index (χ0n) is 11.5. The van der Waals surface area contributed by atoms with E-state index in [1.807, 2.05) is 19.1 Å². The number of hydrogen-bond donors (Lipinski definition) is 1. The quantitative estimate of drug-likeness (QED) is 0.847. The van der Waals surface area contributed by atoms with Gasteiger partial charge in [-0.05, 0) is 48.9 Å². The Morgan fingerprint density at radius 2 is 1.90 bits per heavy atom. The summed E-state index contributed by atoms with van der Waals surface area (Å²) in [6.07, 6.45) is 2.03. The average molecular weight is 386 g/mol. The standard InChI is InChI=1S/C15H16BrNO2S2/c1-11(17-21(18,19)14-3-2-10-20-14)15(8-9-15)12-4-6-13(16)7-5-12/h2-7,10-11,17H,8-9H2,1H3. The van der Waals surface area contributed by atoms with Crippen molar-refractivity contribution in [2.75, 3.05) is 0 Å². The van der Waals surface area contributed by atoms with Crippen LogP contribution in [0.25, 0.3) is 0 Å². The molecule has 1 atom stereocenters. The summed E-state index contributed by atoms with van der Waals surface area (Å²) in [4.78, 5) is 0. The summed E-state index contributed by atoms with van der Waals surface area (Å²) in [6, 6.07) is 11.4. The van der Waals surface area contributed by atoms with Crippen LogP contribution in [0.2, 0.25) is 0 Å². The van der Waals surface area contributed by atoms with Crippen molar-refractivity contribution in [3.63, 3.8) is 0 Å². The summed E-state index contributed by atoms with van der Waals surface area (Å²) >= 11 is 4.68. The van der Waals surface area contributed by atoms with Gasteiger partial charge in [0.2, 0.25) is 10.0 Å². The molecule has 1 fully saturated rings. The molecule has 3 rings (SSSR count). The maximum atomic E-state index is 12.4. The Hall–Kier alpha value is -0.690. The third-order valence-corrected chi connectivity index (χ3v) is 7.60. The van der Waals surface area contributed by atoms with Gasteiger partial charge >= 0.3 is 0 Å². The fourth-order valence-electron chi connectivity index (χ4n) is 2.71. The van der Waals surface area contributed by atoms with Crippen molar-refractivity contribution >= 4 is 37.3 Å². The van der Waals surface area contributed by atoms with Gasteiger partial charge in [0.15, 0.2) is 0 Å². The molecule has 3 nitrogen and oxygen atoms in total. The van der Waals surface area contributed by atoms with Crippen molar-refractivity contribution < 1.29 is 8.42 Å².